The van der Waals surface area contributed by atoms with Crippen LogP contribution in [0, 0.1) is 18.8 Å². The molecule has 2 rings (SSSR count). The second-order valence-electron chi connectivity index (χ2n) is 6.71. The lowest BCUT2D eigenvalue weighted by molar-refractivity contribution is 0.280. The van der Waals surface area contributed by atoms with Crippen LogP contribution in [0.25, 0.3) is 0 Å². The Bertz CT molecular complexity index is 499. The van der Waals surface area contributed by atoms with Crippen molar-refractivity contribution in [3.8, 4) is 0 Å². The lowest BCUT2D eigenvalue weighted by atomic mass is 9.82. The molecule has 0 saturated heterocycles. The monoisotopic (exact) mass is 338 g/mol. The number of rotatable bonds is 3. The zero-order chi connectivity index (χ0) is 17.9. The molecule has 0 amide bonds. The second kappa shape index (κ2) is 11.7. The van der Waals surface area contributed by atoms with Crippen LogP contribution in [0.5, 0.6) is 0 Å². The minimum Gasteiger partial charge on any atom is -0.268 e. The van der Waals surface area contributed by atoms with Gasteiger partial charge in [0.25, 0.3) is 0 Å². The van der Waals surface area contributed by atoms with Crippen LogP contribution in [0.4, 0.5) is 0 Å². The van der Waals surface area contributed by atoms with Crippen LogP contribution in [-0.4, -0.2) is 22.1 Å². The first-order valence-corrected chi connectivity index (χ1v) is 11.5. The van der Waals surface area contributed by atoms with Crippen molar-refractivity contribution in [2.45, 2.75) is 66.7 Å². The molecule has 0 bridgehead atoms. The van der Waals surface area contributed by atoms with Gasteiger partial charge in [0.15, 0.2) is 0 Å². The standard InChI is InChI=1S/C10H20OS.C9H12.C2H6/c1-9-6-4-5-7-10(9)8-12(2,3)11;1-3-9-6-4-8(2)5-7-9;1-2/h9-10H,2,4-8H2,1,3H3;4-7H,3H2,1-2H3;1-2H3/t9-,10?,12?;;/m0../s1. The SMILES string of the molecule is C=S(C)(=O)CC1CCCC[C@@H]1C.CC.CCc1ccc(C)cc1. The average molecular weight is 339 g/mol. The first-order chi connectivity index (χ1) is 10.8. The van der Waals surface area contributed by atoms with E-state index in [9.17, 15) is 4.21 Å². The van der Waals surface area contributed by atoms with Gasteiger partial charge in [-0.15, -0.1) is 0 Å². The lowest BCUT2D eigenvalue weighted by Gasteiger charge is -2.28. The van der Waals surface area contributed by atoms with E-state index in [2.05, 4.69) is 50.9 Å². The third-order valence-corrected chi connectivity index (χ3v) is 5.52. The van der Waals surface area contributed by atoms with E-state index in [0.29, 0.717) is 5.92 Å². The van der Waals surface area contributed by atoms with Gasteiger partial charge in [0, 0.05) is 12.0 Å². The fourth-order valence-electron chi connectivity index (χ4n) is 2.92. The molecule has 0 aliphatic heterocycles. The quantitative estimate of drug-likeness (QED) is 0.642. The molecule has 23 heavy (non-hydrogen) atoms. The maximum atomic E-state index is 11.5. The predicted octanol–water partition coefficient (Wildman–Crippen LogP) is 5.74. The maximum absolute atomic E-state index is 11.5. The van der Waals surface area contributed by atoms with Gasteiger partial charge in [-0.1, -0.05) is 76.8 Å². The van der Waals surface area contributed by atoms with E-state index in [4.69, 9.17) is 0 Å². The fraction of sp³-hybridized carbons (Fsp3) is 0.667. The summed E-state index contributed by atoms with van der Waals surface area (Å²) in [5, 5.41) is 0. The van der Waals surface area contributed by atoms with Gasteiger partial charge in [-0.2, -0.15) is 0 Å². The lowest BCUT2D eigenvalue weighted by Crippen LogP contribution is -2.24. The molecular weight excluding hydrogens is 300 g/mol. The van der Waals surface area contributed by atoms with Gasteiger partial charge in [-0.3, -0.25) is 4.21 Å². The molecule has 1 aliphatic rings. The van der Waals surface area contributed by atoms with Gasteiger partial charge in [0.05, 0.1) is 0 Å². The van der Waals surface area contributed by atoms with Crippen LogP contribution in [0.3, 0.4) is 0 Å². The van der Waals surface area contributed by atoms with E-state index in [1.807, 2.05) is 13.8 Å². The van der Waals surface area contributed by atoms with E-state index in [0.717, 1.165) is 18.1 Å². The minimum atomic E-state index is -1.76. The Kier molecular flexibility index (Phi) is 11.3. The Morgan fingerprint density at radius 2 is 1.65 bits per heavy atom. The van der Waals surface area contributed by atoms with Crippen LogP contribution in [0.1, 0.15) is 64.5 Å². The Balaban J connectivity index is 0.000000392. The van der Waals surface area contributed by atoms with Gasteiger partial charge in [0.2, 0.25) is 0 Å². The highest BCUT2D eigenvalue weighted by Gasteiger charge is 2.22. The highest BCUT2D eigenvalue weighted by molar-refractivity contribution is 7.99. The zero-order valence-electron chi connectivity index (χ0n) is 16.2. The molecule has 0 heterocycles. The number of hydrogen-bond donors (Lipinski definition) is 0. The fourth-order valence-corrected chi connectivity index (χ4v) is 4.32. The molecule has 1 aromatic carbocycles. The summed E-state index contributed by atoms with van der Waals surface area (Å²) in [5.41, 5.74) is 2.76. The van der Waals surface area contributed by atoms with E-state index >= 15 is 0 Å². The summed E-state index contributed by atoms with van der Waals surface area (Å²) >= 11 is 0. The molecule has 134 valence electrons. The molecule has 0 spiro atoms. The largest absolute Gasteiger partial charge is 0.268 e. The third-order valence-electron chi connectivity index (χ3n) is 4.38. The van der Waals surface area contributed by atoms with Gasteiger partial charge in [0.1, 0.15) is 0 Å². The first kappa shape index (κ1) is 22.2. The summed E-state index contributed by atoms with van der Waals surface area (Å²) in [6, 6.07) is 8.66. The molecule has 0 radical (unpaired) electrons. The molecule has 1 saturated carbocycles. The average Bonchev–Trinajstić information content (AvgIpc) is 2.52. The van der Waals surface area contributed by atoms with E-state index in [1.54, 1.807) is 6.26 Å². The second-order valence-corrected chi connectivity index (χ2v) is 9.41. The van der Waals surface area contributed by atoms with Gasteiger partial charge >= 0.3 is 0 Å². The first-order valence-electron chi connectivity index (χ1n) is 9.17. The molecule has 1 fully saturated rings. The van der Waals surface area contributed by atoms with Crippen LogP contribution in [0.15, 0.2) is 24.3 Å². The van der Waals surface area contributed by atoms with Crippen LogP contribution in [0.2, 0.25) is 0 Å². The van der Waals surface area contributed by atoms with E-state index in [1.165, 1.54) is 36.8 Å². The van der Waals surface area contributed by atoms with Crippen LogP contribution < -0.4 is 0 Å². The smallest absolute Gasteiger partial charge is 0.0187 e. The Morgan fingerprint density at radius 1 is 1.13 bits per heavy atom. The van der Waals surface area contributed by atoms with Crippen molar-refractivity contribution in [2.75, 3.05) is 12.0 Å². The van der Waals surface area contributed by atoms with Gasteiger partial charge < -0.3 is 0 Å². The van der Waals surface area contributed by atoms with Crippen molar-refractivity contribution >= 4 is 15.4 Å². The summed E-state index contributed by atoms with van der Waals surface area (Å²) < 4.78 is 11.5. The number of aryl methyl sites for hydroxylation is 2. The van der Waals surface area contributed by atoms with Gasteiger partial charge in [-0.25, -0.2) is 0 Å². The van der Waals surface area contributed by atoms with E-state index in [-0.39, 0.29) is 0 Å². The van der Waals surface area contributed by atoms with Crippen molar-refractivity contribution in [1.82, 2.24) is 0 Å². The van der Waals surface area contributed by atoms with Crippen LogP contribution in [-0.2, 0) is 15.9 Å². The topological polar surface area (TPSA) is 17.1 Å². The molecule has 0 N–H and O–H groups in total. The summed E-state index contributed by atoms with van der Waals surface area (Å²) in [5.74, 6) is 6.01. The highest BCUT2D eigenvalue weighted by atomic mass is 32.2. The normalized spacial score (nSPS) is 22.7. The summed E-state index contributed by atoms with van der Waals surface area (Å²) in [6.45, 7) is 10.6. The molecule has 3 atom stereocenters. The Labute approximate surface area is 145 Å². The van der Waals surface area contributed by atoms with Crippen molar-refractivity contribution in [3.63, 3.8) is 0 Å². The van der Waals surface area contributed by atoms with Crippen molar-refractivity contribution in [1.29, 1.82) is 0 Å². The summed E-state index contributed by atoms with van der Waals surface area (Å²) in [6.07, 6.45) is 8.19. The Morgan fingerprint density at radius 3 is 2.09 bits per heavy atom. The van der Waals surface area contributed by atoms with Crippen molar-refractivity contribution in [3.05, 3.63) is 35.4 Å². The predicted molar refractivity (Wildman–Crippen MR) is 109 cm³/mol. The van der Waals surface area contributed by atoms with Crippen molar-refractivity contribution in [2.24, 2.45) is 11.8 Å². The van der Waals surface area contributed by atoms with Crippen molar-refractivity contribution < 1.29 is 4.21 Å². The molecular formula is C21H38OS. The highest BCUT2D eigenvalue weighted by Crippen LogP contribution is 2.30. The molecule has 1 aromatic rings. The van der Waals surface area contributed by atoms with Gasteiger partial charge in [-0.05, 0) is 52.6 Å². The molecule has 2 unspecified atom stereocenters. The molecule has 0 aromatic heterocycles. The summed E-state index contributed by atoms with van der Waals surface area (Å²) in [7, 11) is -1.76. The number of hydrogen-bond acceptors (Lipinski definition) is 1. The molecule has 1 nitrogen and oxygen atoms in total. The number of benzene rings is 1. The molecule has 2 heteroatoms. The minimum absolute atomic E-state index is 0.675. The Hall–Kier alpha value is -0.760. The van der Waals surface area contributed by atoms with E-state index < -0.39 is 9.52 Å². The van der Waals surface area contributed by atoms with Crippen LogP contribution >= 0.6 is 0 Å². The third kappa shape index (κ3) is 10.6. The summed E-state index contributed by atoms with van der Waals surface area (Å²) in [4.78, 5) is 0. The zero-order valence-corrected chi connectivity index (χ0v) is 17.0. The molecule has 1 aliphatic carbocycles. The maximum Gasteiger partial charge on any atom is 0.0187 e.